The molecule has 1 rings (SSSR count). The van der Waals surface area contributed by atoms with Crippen molar-refractivity contribution in [1.29, 1.82) is 0 Å². The van der Waals surface area contributed by atoms with Crippen LogP contribution in [0.1, 0.15) is 24.5 Å². The van der Waals surface area contributed by atoms with Gasteiger partial charge in [0.15, 0.2) is 0 Å². The van der Waals surface area contributed by atoms with Gasteiger partial charge in [0, 0.05) is 6.42 Å². The Kier molecular flexibility index (Phi) is 3.85. The fraction of sp³-hybridized carbons (Fsp3) is 0.273. The molecule has 1 aromatic carbocycles. The van der Waals surface area contributed by atoms with Crippen molar-refractivity contribution >= 4 is 12.1 Å². The maximum Gasteiger partial charge on any atom is 0.239 e. The van der Waals surface area contributed by atoms with E-state index in [0.29, 0.717) is 6.42 Å². The first-order valence-corrected chi connectivity index (χ1v) is 4.61. The summed E-state index contributed by atoms with van der Waals surface area (Å²) in [6, 6.07) is 7.92. The van der Waals surface area contributed by atoms with Crippen molar-refractivity contribution in [3.05, 3.63) is 35.4 Å². The van der Waals surface area contributed by atoms with Gasteiger partial charge in [-0.25, -0.2) is 5.43 Å². The van der Waals surface area contributed by atoms with Gasteiger partial charge in [-0.05, 0) is 12.5 Å². The molecular weight excluding hydrogens is 176 g/mol. The van der Waals surface area contributed by atoms with E-state index in [1.165, 1.54) is 5.56 Å². The van der Waals surface area contributed by atoms with E-state index in [1.807, 2.05) is 31.2 Å². The average Bonchev–Trinajstić information content (AvgIpc) is 2.21. The minimum absolute atomic E-state index is 0.0756. The van der Waals surface area contributed by atoms with E-state index < -0.39 is 0 Å². The average molecular weight is 190 g/mol. The summed E-state index contributed by atoms with van der Waals surface area (Å²) in [5.41, 5.74) is 4.61. The lowest BCUT2D eigenvalue weighted by atomic mass is 10.2. The molecule has 0 spiro atoms. The van der Waals surface area contributed by atoms with Crippen molar-refractivity contribution in [1.82, 2.24) is 5.43 Å². The second-order valence-electron chi connectivity index (χ2n) is 3.06. The summed E-state index contributed by atoms with van der Waals surface area (Å²) in [5.74, 6) is -0.0756. The third-order valence-electron chi connectivity index (χ3n) is 1.80. The quantitative estimate of drug-likeness (QED) is 0.573. The third kappa shape index (κ3) is 3.39. The van der Waals surface area contributed by atoms with Crippen molar-refractivity contribution in [3.63, 3.8) is 0 Å². The lowest BCUT2D eigenvalue weighted by Gasteiger charge is -1.95. The summed E-state index contributed by atoms with van der Waals surface area (Å²) < 4.78 is 0. The number of amides is 1. The lowest BCUT2D eigenvalue weighted by molar-refractivity contribution is -0.120. The van der Waals surface area contributed by atoms with E-state index in [4.69, 9.17) is 0 Å². The maximum absolute atomic E-state index is 10.8. The molecule has 1 amide bonds. The Labute approximate surface area is 83.8 Å². The van der Waals surface area contributed by atoms with Gasteiger partial charge in [-0.1, -0.05) is 36.8 Å². The molecule has 1 aromatic rings. The Morgan fingerprint density at radius 1 is 1.43 bits per heavy atom. The molecule has 74 valence electrons. The molecule has 0 aliphatic rings. The first-order chi connectivity index (χ1) is 6.72. The van der Waals surface area contributed by atoms with Crippen LogP contribution >= 0.6 is 0 Å². The Bertz CT molecular complexity index is 328. The van der Waals surface area contributed by atoms with Crippen molar-refractivity contribution in [2.75, 3.05) is 0 Å². The molecule has 14 heavy (non-hydrogen) atoms. The molecular formula is C11H14N2O. The standard InChI is InChI=1S/C11H14N2O/c1-3-11(14)13-12-8-10-6-4-9(2)5-7-10/h4-8H,3H2,1-2H3,(H,13,14). The minimum Gasteiger partial charge on any atom is -0.273 e. The zero-order chi connectivity index (χ0) is 10.4. The van der Waals surface area contributed by atoms with Crippen LogP contribution in [0, 0.1) is 6.92 Å². The van der Waals surface area contributed by atoms with Crippen LogP contribution in [0.5, 0.6) is 0 Å². The maximum atomic E-state index is 10.8. The highest BCUT2D eigenvalue weighted by atomic mass is 16.2. The highest BCUT2D eigenvalue weighted by Crippen LogP contribution is 1.99. The van der Waals surface area contributed by atoms with Gasteiger partial charge >= 0.3 is 0 Å². The van der Waals surface area contributed by atoms with Crippen LogP contribution < -0.4 is 5.43 Å². The fourth-order valence-corrected chi connectivity index (χ4v) is 0.910. The van der Waals surface area contributed by atoms with Gasteiger partial charge in [0.05, 0.1) is 6.21 Å². The van der Waals surface area contributed by atoms with E-state index in [2.05, 4.69) is 10.5 Å². The molecule has 0 saturated carbocycles. The second kappa shape index (κ2) is 5.17. The van der Waals surface area contributed by atoms with Gasteiger partial charge in [-0.3, -0.25) is 4.79 Å². The van der Waals surface area contributed by atoms with Crippen LogP contribution in [0.25, 0.3) is 0 Å². The van der Waals surface area contributed by atoms with Crippen LogP contribution in [0.15, 0.2) is 29.4 Å². The third-order valence-corrected chi connectivity index (χ3v) is 1.80. The molecule has 3 nitrogen and oxygen atoms in total. The van der Waals surface area contributed by atoms with Crippen molar-refractivity contribution in [2.24, 2.45) is 5.10 Å². The zero-order valence-electron chi connectivity index (χ0n) is 8.45. The van der Waals surface area contributed by atoms with Crippen LogP contribution in [0.4, 0.5) is 0 Å². The number of nitrogens with zero attached hydrogens (tertiary/aromatic N) is 1. The molecule has 0 bridgehead atoms. The molecule has 0 heterocycles. The Morgan fingerprint density at radius 2 is 2.07 bits per heavy atom. The SMILES string of the molecule is CCC(=O)NN=Cc1ccc(C)cc1. The van der Waals surface area contributed by atoms with Crippen LogP contribution in [-0.2, 0) is 4.79 Å². The Morgan fingerprint density at radius 3 is 2.64 bits per heavy atom. The van der Waals surface area contributed by atoms with Gasteiger partial charge in [0.2, 0.25) is 5.91 Å². The van der Waals surface area contributed by atoms with Crippen molar-refractivity contribution < 1.29 is 4.79 Å². The fourth-order valence-electron chi connectivity index (χ4n) is 0.910. The predicted molar refractivity (Wildman–Crippen MR) is 57.2 cm³/mol. The van der Waals surface area contributed by atoms with Crippen LogP contribution in [0.2, 0.25) is 0 Å². The number of carbonyl (C=O) groups is 1. The second-order valence-corrected chi connectivity index (χ2v) is 3.06. The topological polar surface area (TPSA) is 41.5 Å². The van der Waals surface area contributed by atoms with E-state index in [-0.39, 0.29) is 5.91 Å². The predicted octanol–water partition coefficient (Wildman–Crippen LogP) is 1.86. The molecule has 0 aliphatic heterocycles. The summed E-state index contributed by atoms with van der Waals surface area (Å²) in [5, 5.41) is 3.82. The van der Waals surface area contributed by atoms with Gasteiger partial charge in [-0.2, -0.15) is 5.10 Å². The molecule has 0 aliphatic carbocycles. The smallest absolute Gasteiger partial charge is 0.239 e. The van der Waals surface area contributed by atoms with Gasteiger partial charge in [-0.15, -0.1) is 0 Å². The lowest BCUT2D eigenvalue weighted by Crippen LogP contribution is -2.15. The van der Waals surface area contributed by atoms with E-state index >= 15 is 0 Å². The highest BCUT2D eigenvalue weighted by molar-refractivity contribution is 5.82. The zero-order valence-corrected chi connectivity index (χ0v) is 8.45. The van der Waals surface area contributed by atoms with Crippen LogP contribution in [-0.4, -0.2) is 12.1 Å². The summed E-state index contributed by atoms with van der Waals surface area (Å²) >= 11 is 0. The monoisotopic (exact) mass is 190 g/mol. The van der Waals surface area contributed by atoms with Crippen LogP contribution in [0.3, 0.4) is 0 Å². The first kappa shape index (κ1) is 10.4. The van der Waals surface area contributed by atoms with Gasteiger partial charge < -0.3 is 0 Å². The molecule has 0 unspecified atom stereocenters. The number of hydrogen-bond donors (Lipinski definition) is 1. The highest BCUT2D eigenvalue weighted by Gasteiger charge is 1.91. The molecule has 0 atom stereocenters. The summed E-state index contributed by atoms with van der Waals surface area (Å²) in [6.07, 6.45) is 2.08. The summed E-state index contributed by atoms with van der Waals surface area (Å²) in [4.78, 5) is 10.8. The Hall–Kier alpha value is -1.64. The summed E-state index contributed by atoms with van der Waals surface area (Å²) in [6.45, 7) is 3.82. The van der Waals surface area contributed by atoms with E-state index in [0.717, 1.165) is 5.56 Å². The van der Waals surface area contributed by atoms with Gasteiger partial charge in [0.25, 0.3) is 0 Å². The number of nitrogens with one attached hydrogen (secondary N) is 1. The molecule has 0 radical (unpaired) electrons. The van der Waals surface area contributed by atoms with E-state index in [9.17, 15) is 4.79 Å². The number of aryl methyl sites for hydroxylation is 1. The van der Waals surface area contributed by atoms with Crippen molar-refractivity contribution in [2.45, 2.75) is 20.3 Å². The summed E-state index contributed by atoms with van der Waals surface area (Å²) in [7, 11) is 0. The normalized spacial score (nSPS) is 10.4. The van der Waals surface area contributed by atoms with Crippen molar-refractivity contribution in [3.8, 4) is 0 Å². The minimum atomic E-state index is -0.0756. The first-order valence-electron chi connectivity index (χ1n) is 4.61. The number of benzene rings is 1. The number of carbonyl (C=O) groups excluding carboxylic acids is 1. The molecule has 1 N–H and O–H groups in total. The number of hydrogen-bond acceptors (Lipinski definition) is 2. The number of hydrazone groups is 1. The Balaban J connectivity index is 2.52. The molecule has 0 saturated heterocycles. The van der Waals surface area contributed by atoms with E-state index in [1.54, 1.807) is 13.1 Å². The molecule has 0 aromatic heterocycles. The largest absolute Gasteiger partial charge is 0.273 e. The number of rotatable bonds is 3. The molecule has 0 fully saturated rings. The van der Waals surface area contributed by atoms with Gasteiger partial charge in [0.1, 0.15) is 0 Å². The molecule has 3 heteroatoms.